The summed E-state index contributed by atoms with van der Waals surface area (Å²) in [4.78, 5) is 10.8. The van der Waals surface area contributed by atoms with Crippen molar-refractivity contribution in [3.63, 3.8) is 0 Å². The van der Waals surface area contributed by atoms with E-state index in [2.05, 4.69) is 40.3 Å². The molecule has 2 unspecified atom stereocenters. The average molecular weight is 192 g/mol. The van der Waals surface area contributed by atoms with E-state index < -0.39 is 0 Å². The molecule has 0 aromatic rings. The van der Waals surface area contributed by atoms with Gasteiger partial charge in [0, 0.05) is 0 Å². The van der Waals surface area contributed by atoms with Crippen LogP contribution in [0.5, 0.6) is 0 Å². The van der Waals surface area contributed by atoms with Gasteiger partial charge in [-0.1, -0.05) is 52.0 Å². The van der Waals surface area contributed by atoms with Gasteiger partial charge in [0.1, 0.15) is 6.29 Å². The zero-order chi connectivity index (χ0) is 10.9. The first-order valence-corrected chi connectivity index (χ1v) is 5.23. The molecule has 0 heterocycles. The van der Waals surface area contributed by atoms with E-state index in [1.165, 1.54) is 0 Å². The monoisotopic (exact) mass is 192 g/mol. The summed E-state index contributed by atoms with van der Waals surface area (Å²) in [6.07, 6.45) is 5.13. The van der Waals surface area contributed by atoms with Crippen LogP contribution in [-0.2, 0) is 4.79 Å². The molecule has 0 aliphatic heterocycles. The van der Waals surface area contributed by atoms with Gasteiger partial charge in [0.2, 0.25) is 0 Å². The molecule has 1 rings (SSSR count). The molecule has 14 heavy (non-hydrogen) atoms. The highest BCUT2D eigenvalue weighted by Gasteiger charge is 2.37. The van der Waals surface area contributed by atoms with Gasteiger partial charge in [0.05, 0.1) is 5.92 Å². The van der Waals surface area contributed by atoms with Crippen LogP contribution in [0.1, 0.15) is 27.7 Å². The lowest BCUT2D eigenvalue weighted by molar-refractivity contribution is -0.109. The maximum Gasteiger partial charge on any atom is 0.130 e. The fraction of sp³-hybridized carbons (Fsp3) is 0.615. The topological polar surface area (TPSA) is 17.1 Å². The van der Waals surface area contributed by atoms with E-state index >= 15 is 0 Å². The second kappa shape index (κ2) is 3.72. The Hall–Kier alpha value is -0.850. The lowest BCUT2D eigenvalue weighted by Gasteiger charge is -2.41. The van der Waals surface area contributed by atoms with Gasteiger partial charge in [-0.25, -0.2) is 0 Å². The van der Waals surface area contributed by atoms with Crippen molar-refractivity contribution in [2.24, 2.45) is 23.2 Å². The third-order valence-electron chi connectivity index (χ3n) is 3.18. The van der Waals surface area contributed by atoms with Crippen molar-refractivity contribution in [3.05, 3.63) is 24.3 Å². The fourth-order valence-electron chi connectivity index (χ4n) is 2.68. The molecule has 1 nitrogen and oxygen atoms in total. The highest BCUT2D eigenvalue weighted by Crippen LogP contribution is 2.44. The van der Waals surface area contributed by atoms with E-state index in [1.807, 2.05) is 6.08 Å². The summed E-state index contributed by atoms with van der Waals surface area (Å²) in [6.45, 7) is 12.9. The molecule has 1 aliphatic carbocycles. The normalized spacial score (nSPS) is 30.8. The first-order chi connectivity index (χ1) is 6.40. The third kappa shape index (κ3) is 1.82. The summed E-state index contributed by atoms with van der Waals surface area (Å²) < 4.78 is 0. The average Bonchev–Trinajstić information content (AvgIpc) is 2.02. The summed E-state index contributed by atoms with van der Waals surface area (Å²) in [7, 11) is 0. The lowest BCUT2D eigenvalue weighted by atomic mass is 9.63. The molecule has 0 amide bonds. The first-order valence-electron chi connectivity index (χ1n) is 5.23. The fourth-order valence-corrected chi connectivity index (χ4v) is 2.68. The van der Waals surface area contributed by atoms with Crippen molar-refractivity contribution in [3.8, 4) is 0 Å². The van der Waals surface area contributed by atoms with Crippen LogP contribution >= 0.6 is 0 Å². The highest BCUT2D eigenvalue weighted by molar-refractivity contribution is 5.63. The minimum atomic E-state index is -0.0737. The Labute approximate surface area is 86.9 Å². The zero-order valence-corrected chi connectivity index (χ0v) is 9.58. The van der Waals surface area contributed by atoms with Gasteiger partial charge in [0.15, 0.2) is 0 Å². The number of carbonyl (C=O) groups is 1. The number of carbonyl (C=O) groups excluding carboxylic acids is 1. The van der Waals surface area contributed by atoms with Gasteiger partial charge in [0.25, 0.3) is 0 Å². The summed E-state index contributed by atoms with van der Waals surface area (Å²) in [6, 6.07) is 0. The van der Waals surface area contributed by atoms with Crippen LogP contribution in [0.3, 0.4) is 0 Å². The largest absolute Gasteiger partial charge is 0.302 e. The molecule has 2 atom stereocenters. The van der Waals surface area contributed by atoms with E-state index in [-0.39, 0.29) is 11.3 Å². The number of hydrogen-bond donors (Lipinski definition) is 0. The third-order valence-corrected chi connectivity index (χ3v) is 3.18. The quantitative estimate of drug-likeness (QED) is 0.485. The molecule has 78 valence electrons. The molecule has 0 bridgehead atoms. The van der Waals surface area contributed by atoms with Gasteiger partial charge in [-0.15, -0.1) is 0 Å². The molecule has 0 aromatic carbocycles. The molecule has 0 fully saturated rings. The van der Waals surface area contributed by atoms with Gasteiger partial charge >= 0.3 is 0 Å². The second-order valence-corrected chi connectivity index (χ2v) is 5.14. The molecular formula is C13H20O. The molecule has 0 saturated heterocycles. The summed E-state index contributed by atoms with van der Waals surface area (Å²) in [5.41, 5.74) is 1.20. The summed E-state index contributed by atoms with van der Waals surface area (Å²) in [5.74, 6) is 0.864. The molecule has 1 aliphatic rings. The SMILES string of the molecule is C=C1C(C=O)C=CC(C)(C)C1C(C)C. The van der Waals surface area contributed by atoms with Crippen molar-refractivity contribution >= 4 is 6.29 Å². The Morgan fingerprint density at radius 1 is 1.50 bits per heavy atom. The smallest absolute Gasteiger partial charge is 0.130 e. The predicted molar refractivity (Wildman–Crippen MR) is 59.9 cm³/mol. The van der Waals surface area contributed by atoms with Crippen molar-refractivity contribution in [1.82, 2.24) is 0 Å². The molecule has 0 aromatic heterocycles. The number of aldehydes is 1. The van der Waals surface area contributed by atoms with E-state index in [0.29, 0.717) is 11.8 Å². The Morgan fingerprint density at radius 3 is 2.50 bits per heavy atom. The first kappa shape index (κ1) is 11.2. The lowest BCUT2D eigenvalue weighted by Crippen LogP contribution is -2.34. The van der Waals surface area contributed by atoms with Crippen LogP contribution in [0.4, 0.5) is 0 Å². The minimum Gasteiger partial charge on any atom is -0.302 e. The van der Waals surface area contributed by atoms with Crippen molar-refractivity contribution in [1.29, 1.82) is 0 Å². The number of hydrogen-bond acceptors (Lipinski definition) is 1. The Balaban J connectivity index is 3.07. The number of rotatable bonds is 2. The zero-order valence-electron chi connectivity index (χ0n) is 9.58. The van der Waals surface area contributed by atoms with Crippen LogP contribution < -0.4 is 0 Å². The van der Waals surface area contributed by atoms with Gasteiger partial charge in [-0.2, -0.15) is 0 Å². The van der Waals surface area contributed by atoms with Gasteiger partial charge in [-0.3, -0.25) is 0 Å². The molecule has 0 spiro atoms. The van der Waals surface area contributed by atoms with E-state index in [1.54, 1.807) is 0 Å². The summed E-state index contributed by atoms with van der Waals surface area (Å²) >= 11 is 0. The molecule has 0 radical (unpaired) electrons. The van der Waals surface area contributed by atoms with Gasteiger partial charge in [-0.05, 0) is 17.3 Å². The van der Waals surface area contributed by atoms with E-state index in [9.17, 15) is 4.79 Å². The second-order valence-electron chi connectivity index (χ2n) is 5.14. The molecule has 1 heteroatoms. The molecular weight excluding hydrogens is 172 g/mol. The van der Waals surface area contributed by atoms with E-state index in [0.717, 1.165) is 11.9 Å². The van der Waals surface area contributed by atoms with Crippen LogP contribution in [0.25, 0.3) is 0 Å². The minimum absolute atomic E-state index is 0.0737. The van der Waals surface area contributed by atoms with Crippen LogP contribution in [0, 0.1) is 23.2 Å². The van der Waals surface area contributed by atoms with Gasteiger partial charge < -0.3 is 4.79 Å². The Morgan fingerprint density at radius 2 is 2.07 bits per heavy atom. The predicted octanol–water partition coefficient (Wildman–Crippen LogP) is 3.23. The number of allylic oxidation sites excluding steroid dienone is 3. The standard InChI is InChI=1S/C13H20O/c1-9(2)12-10(3)11(8-14)6-7-13(12,4)5/h6-9,11-12H,3H2,1-2,4-5H3. The molecule has 0 N–H and O–H groups in total. The van der Waals surface area contributed by atoms with Crippen LogP contribution in [0.2, 0.25) is 0 Å². The van der Waals surface area contributed by atoms with Crippen molar-refractivity contribution in [2.75, 3.05) is 0 Å². The Kier molecular flexibility index (Phi) is 2.98. The van der Waals surface area contributed by atoms with Crippen LogP contribution in [-0.4, -0.2) is 6.29 Å². The van der Waals surface area contributed by atoms with Crippen molar-refractivity contribution in [2.45, 2.75) is 27.7 Å². The molecule has 0 saturated carbocycles. The Bertz CT molecular complexity index is 271. The van der Waals surface area contributed by atoms with Crippen LogP contribution in [0.15, 0.2) is 24.3 Å². The van der Waals surface area contributed by atoms with E-state index in [4.69, 9.17) is 0 Å². The summed E-state index contributed by atoms with van der Waals surface area (Å²) in [5, 5.41) is 0. The maximum atomic E-state index is 10.8. The highest BCUT2D eigenvalue weighted by atomic mass is 16.1. The maximum absolute atomic E-state index is 10.8. The van der Waals surface area contributed by atoms with Crippen molar-refractivity contribution < 1.29 is 4.79 Å².